The molecule has 0 radical (unpaired) electrons. The van der Waals surface area contributed by atoms with E-state index < -0.39 is 0 Å². The quantitative estimate of drug-likeness (QED) is 0.565. The lowest BCUT2D eigenvalue weighted by Crippen LogP contribution is -2.29. The molecule has 1 aliphatic carbocycles. The van der Waals surface area contributed by atoms with E-state index in [0.29, 0.717) is 12.2 Å². The number of rotatable bonds is 1. The van der Waals surface area contributed by atoms with Gasteiger partial charge in [0.25, 0.3) is 0 Å². The number of aliphatic hydroxyl groups excluding tert-OH is 1. The maximum Gasteiger partial charge on any atom is 0.217 e. The van der Waals surface area contributed by atoms with Crippen LogP contribution in [0.15, 0.2) is 11.8 Å². The number of nitrogens with one attached hydrogen (secondary N) is 1. The van der Waals surface area contributed by atoms with Crippen molar-refractivity contribution >= 4 is 5.91 Å². The molecule has 0 heterocycles. The second kappa shape index (κ2) is 2.73. The molecule has 0 saturated heterocycles. The van der Waals surface area contributed by atoms with Crippen molar-refractivity contribution in [1.29, 1.82) is 0 Å². The number of carbonyl (C=O) groups is 1. The minimum Gasteiger partial charge on any atom is -0.513 e. The van der Waals surface area contributed by atoms with Crippen LogP contribution in [-0.2, 0) is 4.79 Å². The Bertz CT molecular complexity index is 174. The summed E-state index contributed by atoms with van der Waals surface area (Å²) in [5, 5.41) is 11.6. The topological polar surface area (TPSA) is 49.3 Å². The number of allylic oxidation sites excluding steroid dienone is 1. The molecular weight excluding hydrogens is 130 g/mol. The monoisotopic (exact) mass is 141 g/mol. The summed E-state index contributed by atoms with van der Waals surface area (Å²) in [4.78, 5) is 10.5. The van der Waals surface area contributed by atoms with Crippen molar-refractivity contribution < 1.29 is 9.90 Å². The van der Waals surface area contributed by atoms with Gasteiger partial charge in [0.05, 0.1) is 11.8 Å². The molecule has 3 nitrogen and oxygen atoms in total. The fraction of sp³-hybridized carbons (Fsp3) is 0.571. The molecule has 1 unspecified atom stereocenters. The van der Waals surface area contributed by atoms with E-state index in [-0.39, 0.29) is 11.9 Å². The average molecular weight is 141 g/mol. The number of amides is 1. The minimum atomic E-state index is -0.0454. The highest BCUT2D eigenvalue weighted by atomic mass is 16.3. The molecule has 0 aliphatic heterocycles. The van der Waals surface area contributed by atoms with Crippen LogP contribution in [-0.4, -0.2) is 17.1 Å². The van der Waals surface area contributed by atoms with Crippen LogP contribution in [0, 0.1) is 0 Å². The average Bonchev–Trinajstić information content (AvgIpc) is 2.13. The Morgan fingerprint density at radius 1 is 1.90 bits per heavy atom. The van der Waals surface area contributed by atoms with Crippen LogP contribution in [0.2, 0.25) is 0 Å². The van der Waals surface area contributed by atoms with E-state index in [1.807, 2.05) is 0 Å². The Morgan fingerprint density at radius 3 is 3.00 bits per heavy atom. The van der Waals surface area contributed by atoms with Gasteiger partial charge in [-0.05, 0) is 12.5 Å². The van der Waals surface area contributed by atoms with E-state index in [1.165, 1.54) is 6.92 Å². The zero-order valence-corrected chi connectivity index (χ0v) is 5.92. The molecule has 1 rings (SSSR count). The second-order valence-electron chi connectivity index (χ2n) is 2.50. The first-order valence-electron chi connectivity index (χ1n) is 3.35. The first kappa shape index (κ1) is 7.12. The summed E-state index contributed by atoms with van der Waals surface area (Å²) in [6, 6.07) is 0.0532. The van der Waals surface area contributed by atoms with E-state index in [1.54, 1.807) is 6.08 Å². The summed E-state index contributed by atoms with van der Waals surface area (Å²) < 4.78 is 0. The third kappa shape index (κ3) is 1.76. The smallest absolute Gasteiger partial charge is 0.217 e. The highest BCUT2D eigenvalue weighted by molar-refractivity contribution is 5.73. The van der Waals surface area contributed by atoms with Gasteiger partial charge in [0.1, 0.15) is 0 Å². The largest absolute Gasteiger partial charge is 0.513 e. The SMILES string of the molecule is CC(=O)NC1C=C(O)CC1. The molecule has 10 heavy (non-hydrogen) atoms. The van der Waals surface area contributed by atoms with Gasteiger partial charge in [-0.2, -0.15) is 0 Å². The van der Waals surface area contributed by atoms with Gasteiger partial charge in [-0.3, -0.25) is 4.79 Å². The van der Waals surface area contributed by atoms with Crippen molar-refractivity contribution in [2.45, 2.75) is 25.8 Å². The summed E-state index contributed by atoms with van der Waals surface area (Å²) in [7, 11) is 0. The molecule has 0 bridgehead atoms. The molecule has 1 amide bonds. The maximum absolute atomic E-state index is 10.5. The van der Waals surface area contributed by atoms with E-state index in [9.17, 15) is 4.79 Å². The number of carbonyl (C=O) groups excluding carboxylic acids is 1. The van der Waals surface area contributed by atoms with Gasteiger partial charge in [0.2, 0.25) is 5.91 Å². The molecule has 1 atom stereocenters. The summed E-state index contributed by atoms with van der Waals surface area (Å²) in [6.07, 6.45) is 3.19. The predicted molar refractivity (Wildman–Crippen MR) is 37.6 cm³/mol. The summed E-state index contributed by atoms with van der Waals surface area (Å²) in [6.45, 7) is 1.48. The molecule has 0 spiro atoms. The summed E-state index contributed by atoms with van der Waals surface area (Å²) in [5.41, 5.74) is 0. The van der Waals surface area contributed by atoms with E-state index >= 15 is 0 Å². The Morgan fingerprint density at radius 2 is 2.60 bits per heavy atom. The van der Waals surface area contributed by atoms with E-state index in [4.69, 9.17) is 5.11 Å². The Kier molecular flexibility index (Phi) is 1.94. The van der Waals surface area contributed by atoms with Crippen molar-refractivity contribution in [1.82, 2.24) is 5.32 Å². The second-order valence-corrected chi connectivity index (χ2v) is 2.50. The third-order valence-electron chi connectivity index (χ3n) is 1.49. The van der Waals surface area contributed by atoms with Crippen LogP contribution in [0.25, 0.3) is 0 Å². The third-order valence-corrected chi connectivity index (χ3v) is 1.49. The van der Waals surface area contributed by atoms with Crippen molar-refractivity contribution in [2.75, 3.05) is 0 Å². The molecule has 1 aliphatic rings. The van der Waals surface area contributed by atoms with Crippen molar-refractivity contribution in [3.63, 3.8) is 0 Å². The van der Waals surface area contributed by atoms with Crippen LogP contribution >= 0.6 is 0 Å². The zero-order chi connectivity index (χ0) is 7.56. The van der Waals surface area contributed by atoms with Crippen LogP contribution in [0.4, 0.5) is 0 Å². The first-order chi connectivity index (χ1) is 4.68. The Balaban J connectivity index is 2.38. The number of hydrogen-bond acceptors (Lipinski definition) is 2. The molecule has 3 heteroatoms. The summed E-state index contributed by atoms with van der Waals surface area (Å²) in [5.74, 6) is 0.342. The van der Waals surface area contributed by atoms with Crippen LogP contribution in [0.1, 0.15) is 19.8 Å². The van der Waals surface area contributed by atoms with Gasteiger partial charge in [-0.15, -0.1) is 0 Å². The highest BCUT2D eigenvalue weighted by Crippen LogP contribution is 2.14. The lowest BCUT2D eigenvalue weighted by atomic mass is 10.2. The maximum atomic E-state index is 10.5. The molecule has 56 valence electrons. The molecule has 2 N–H and O–H groups in total. The normalized spacial score (nSPS) is 24.1. The highest BCUT2D eigenvalue weighted by Gasteiger charge is 2.14. The molecule has 0 saturated carbocycles. The Labute approximate surface area is 59.7 Å². The van der Waals surface area contributed by atoms with Crippen LogP contribution in [0.5, 0.6) is 0 Å². The Hall–Kier alpha value is -0.990. The fourth-order valence-electron chi connectivity index (χ4n) is 1.08. The zero-order valence-electron chi connectivity index (χ0n) is 5.92. The van der Waals surface area contributed by atoms with Gasteiger partial charge in [0.15, 0.2) is 0 Å². The van der Waals surface area contributed by atoms with Crippen LogP contribution in [0.3, 0.4) is 0 Å². The minimum absolute atomic E-state index is 0.0454. The molecule has 0 aromatic carbocycles. The van der Waals surface area contributed by atoms with Gasteiger partial charge >= 0.3 is 0 Å². The number of hydrogen-bond donors (Lipinski definition) is 2. The molecule has 0 aromatic rings. The van der Waals surface area contributed by atoms with Crippen molar-refractivity contribution in [3.8, 4) is 0 Å². The molecule has 0 fully saturated rings. The number of aliphatic hydroxyl groups is 1. The summed E-state index contributed by atoms with van der Waals surface area (Å²) >= 11 is 0. The first-order valence-corrected chi connectivity index (χ1v) is 3.35. The van der Waals surface area contributed by atoms with Gasteiger partial charge in [-0.25, -0.2) is 0 Å². The van der Waals surface area contributed by atoms with Crippen LogP contribution < -0.4 is 5.32 Å². The lowest BCUT2D eigenvalue weighted by molar-refractivity contribution is -0.119. The lowest BCUT2D eigenvalue weighted by Gasteiger charge is -2.05. The van der Waals surface area contributed by atoms with Gasteiger partial charge < -0.3 is 10.4 Å². The van der Waals surface area contributed by atoms with Crippen molar-refractivity contribution in [2.24, 2.45) is 0 Å². The van der Waals surface area contributed by atoms with E-state index in [2.05, 4.69) is 5.32 Å². The molecular formula is C7H11NO2. The fourth-order valence-corrected chi connectivity index (χ4v) is 1.08. The van der Waals surface area contributed by atoms with Gasteiger partial charge in [-0.1, -0.05) is 0 Å². The standard InChI is InChI=1S/C7H11NO2/c1-5(9)8-6-2-3-7(10)4-6/h4,6,10H,2-3H2,1H3,(H,8,9). The van der Waals surface area contributed by atoms with E-state index in [0.717, 1.165) is 6.42 Å². The molecule has 0 aromatic heterocycles. The van der Waals surface area contributed by atoms with Gasteiger partial charge in [0, 0.05) is 13.3 Å². The predicted octanol–water partition coefficient (Wildman–Crippen LogP) is 0.727. The van der Waals surface area contributed by atoms with Crippen molar-refractivity contribution in [3.05, 3.63) is 11.8 Å².